The van der Waals surface area contributed by atoms with Crippen LogP contribution in [0.3, 0.4) is 0 Å². The topological polar surface area (TPSA) is 109 Å². The second kappa shape index (κ2) is 3.22. The molecule has 0 spiro atoms. The zero-order valence-corrected chi connectivity index (χ0v) is 10.1. The summed E-state index contributed by atoms with van der Waals surface area (Å²) in [4.78, 5) is 0. The third kappa shape index (κ3) is 1.10. The molecule has 5 nitrogen and oxygen atoms in total. The molecule has 0 radical (unpaired) electrons. The molecule has 0 saturated heterocycles. The van der Waals surface area contributed by atoms with Crippen LogP contribution in [0.2, 0.25) is 0 Å². The predicted molar refractivity (Wildman–Crippen MR) is 78.1 cm³/mol. The molecule has 1 heterocycles. The van der Waals surface area contributed by atoms with Crippen molar-refractivity contribution < 1.29 is 0 Å². The van der Waals surface area contributed by atoms with Gasteiger partial charge in [-0.1, -0.05) is 0 Å². The van der Waals surface area contributed by atoms with Gasteiger partial charge in [-0.15, -0.1) is 0 Å². The van der Waals surface area contributed by atoms with Gasteiger partial charge in [0.25, 0.3) is 0 Å². The predicted octanol–water partition coefficient (Wildman–Crippen LogP) is 1.66. The van der Waals surface area contributed by atoms with E-state index in [1.807, 2.05) is 23.7 Å². The third-order valence-electron chi connectivity index (χ3n) is 3.49. The Kier molecular flexibility index (Phi) is 1.90. The van der Waals surface area contributed by atoms with E-state index in [2.05, 4.69) is 0 Å². The van der Waals surface area contributed by atoms with Crippen molar-refractivity contribution in [1.29, 1.82) is 0 Å². The van der Waals surface area contributed by atoms with Crippen LogP contribution in [0.5, 0.6) is 0 Å². The Balaban J connectivity index is 2.71. The second-order valence-electron chi connectivity index (χ2n) is 4.48. The van der Waals surface area contributed by atoms with Gasteiger partial charge in [0, 0.05) is 17.8 Å². The van der Waals surface area contributed by atoms with Crippen molar-refractivity contribution in [3.63, 3.8) is 0 Å². The fourth-order valence-corrected chi connectivity index (χ4v) is 2.46. The maximum absolute atomic E-state index is 6.08. The molecule has 0 unspecified atom stereocenters. The van der Waals surface area contributed by atoms with Gasteiger partial charge in [0.1, 0.15) is 0 Å². The largest absolute Gasteiger partial charge is 0.397 e. The minimum Gasteiger partial charge on any atom is -0.397 e. The van der Waals surface area contributed by atoms with Crippen LogP contribution >= 0.6 is 0 Å². The molecule has 3 aromatic rings. The second-order valence-corrected chi connectivity index (χ2v) is 4.48. The number of aromatic nitrogens is 1. The Morgan fingerprint density at radius 3 is 1.50 bits per heavy atom. The highest BCUT2D eigenvalue weighted by Gasteiger charge is 2.15. The molecular formula is C13H15N5. The standard InChI is InChI=1S/C13H15N5/c1-18-8-4-2-6(14)12(16)10(8)11-9(18)5-3-7(15)13(11)17/h2-5H,14-17H2,1H3. The molecule has 0 aliphatic rings. The van der Waals surface area contributed by atoms with Gasteiger partial charge >= 0.3 is 0 Å². The number of fused-ring (bicyclic) bond motifs is 3. The maximum atomic E-state index is 6.08. The SMILES string of the molecule is Cn1c2ccc(N)c(N)c2c2c(N)c(N)ccc21. The van der Waals surface area contributed by atoms with E-state index in [1.165, 1.54) is 0 Å². The number of aryl methyl sites for hydroxylation is 1. The minimum atomic E-state index is 0.551. The summed E-state index contributed by atoms with van der Waals surface area (Å²) in [7, 11) is 1.97. The van der Waals surface area contributed by atoms with Crippen LogP contribution in [0, 0.1) is 0 Å². The quantitative estimate of drug-likeness (QED) is 0.449. The molecule has 18 heavy (non-hydrogen) atoms. The molecule has 0 saturated carbocycles. The zero-order chi connectivity index (χ0) is 13.0. The molecule has 8 N–H and O–H groups in total. The molecule has 5 heteroatoms. The first-order valence-corrected chi connectivity index (χ1v) is 5.62. The van der Waals surface area contributed by atoms with Gasteiger partial charge in [0.05, 0.1) is 33.8 Å². The first-order valence-electron chi connectivity index (χ1n) is 5.62. The van der Waals surface area contributed by atoms with Crippen molar-refractivity contribution in [2.24, 2.45) is 7.05 Å². The number of nitrogen functional groups attached to an aromatic ring is 4. The van der Waals surface area contributed by atoms with Crippen LogP contribution in [-0.4, -0.2) is 4.57 Å². The van der Waals surface area contributed by atoms with Gasteiger partial charge in [-0.3, -0.25) is 0 Å². The zero-order valence-electron chi connectivity index (χ0n) is 10.1. The van der Waals surface area contributed by atoms with Crippen LogP contribution in [0.4, 0.5) is 22.7 Å². The van der Waals surface area contributed by atoms with Crippen LogP contribution in [0.1, 0.15) is 0 Å². The van der Waals surface area contributed by atoms with E-state index in [-0.39, 0.29) is 0 Å². The Morgan fingerprint density at radius 2 is 1.11 bits per heavy atom. The molecule has 3 rings (SSSR count). The van der Waals surface area contributed by atoms with Crippen molar-refractivity contribution >= 4 is 44.6 Å². The monoisotopic (exact) mass is 241 g/mol. The van der Waals surface area contributed by atoms with E-state index < -0.39 is 0 Å². The number of rotatable bonds is 0. The molecule has 0 aliphatic heterocycles. The summed E-state index contributed by atoms with van der Waals surface area (Å²) in [6.45, 7) is 0. The van der Waals surface area contributed by atoms with Gasteiger partial charge in [0.15, 0.2) is 0 Å². The van der Waals surface area contributed by atoms with Gasteiger partial charge in [-0.25, -0.2) is 0 Å². The number of nitrogens with two attached hydrogens (primary N) is 4. The number of hydrogen-bond donors (Lipinski definition) is 4. The molecule has 0 bridgehead atoms. The number of benzene rings is 2. The Morgan fingerprint density at radius 1 is 0.722 bits per heavy atom. The molecule has 0 aliphatic carbocycles. The fraction of sp³-hybridized carbons (Fsp3) is 0.0769. The lowest BCUT2D eigenvalue weighted by atomic mass is 10.1. The summed E-state index contributed by atoms with van der Waals surface area (Å²) in [5.74, 6) is 0. The van der Waals surface area contributed by atoms with E-state index in [4.69, 9.17) is 22.9 Å². The average Bonchev–Trinajstić information content (AvgIpc) is 2.64. The summed E-state index contributed by atoms with van der Waals surface area (Å²) >= 11 is 0. The van der Waals surface area contributed by atoms with Crippen LogP contribution in [-0.2, 0) is 7.05 Å². The van der Waals surface area contributed by atoms with Crippen LogP contribution < -0.4 is 22.9 Å². The molecule has 1 aromatic heterocycles. The van der Waals surface area contributed by atoms with Gasteiger partial charge < -0.3 is 27.5 Å². The first-order chi connectivity index (χ1) is 8.52. The van der Waals surface area contributed by atoms with Crippen molar-refractivity contribution in [2.45, 2.75) is 0 Å². The van der Waals surface area contributed by atoms with E-state index in [0.717, 1.165) is 21.8 Å². The third-order valence-corrected chi connectivity index (χ3v) is 3.49. The number of anilines is 4. The van der Waals surface area contributed by atoms with E-state index in [9.17, 15) is 0 Å². The van der Waals surface area contributed by atoms with Gasteiger partial charge in [0.2, 0.25) is 0 Å². The molecule has 0 fully saturated rings. The minimum absolute atomic E-state index is 0.551. The normalized spacial score (nSPS) is 11.4. The molecule has 0 amide bonds. The van der Waals surface area contributed by atoms with Crippen molar-refractivity contribution in [1.82, 2.24) is 4.57 Å². The molecule has 92 valence electrons. The van der Waals surface area contributed by atoms with Crippen molar-refractivity contribution in [2.75, 3.05) is 22.9 Å². The first kappa shape index (κ1) is 10.6. The average molecular weight is 241 g/mol. The van der Waals surface area contributed by atoms with E-state index in [0.29, 0.717) is 22.7 Å². The lowest BCUT2D eigenvalue weighted by Gasteiger charge is -2.04. The van der Waals surface area contributed by atoms with E-state index >= 15 is 0 Å². The lowest BCUT2D eigenvalue weighted by molar-refractivity contribution is 1.01. The van der Waals surface area contributed by atoms with Crippen LogP contribution in [0.15, 0.2) is 24.3 Å². The highest BCUT2D eigenvalue weighted by Crippen LogP contribution is 2.39. The van der Waals surface area contributed by atoms with Gasteiger partial charge in [-0.2, -0.15) is 0 Å². The molecule has 2 aromatic carbocycles. The van der Waals surface area contributed by atoms with Gasteiger partial charge in [-0.05, 0) is 24.3 Å². The number of hydrogen-bond acceptors (Lipinski definition) is 4. The summed E-state index contributed by atoms with van der Waals surface area (Å²) in [5, 5.41) is 1.75. The summed E-state index contributed by atoms with van der Waals surface area (Å²) in [5.41, 5.74) is 28.1. The highest BCUT2D eigenvalue weighted by atomic mass is 14.9. The summed E-state index contributed by atoms with van der Waals surface area (Å²) < 4.78 is 2.04. The molecule has 0 atom stereocenters. The van der Waals surface area contributed by atoms with E-state index in [1.54, 1.807) is 12.1 Å². The Labute approximate surface area is 104 Å². The van der Waals surface area contributed by atoms with Crippen molar-refractivity contribution in [3.05, 3.63) is 24.3 Å². The highest BCUT2D eigenvalue weighted by molar-refractivity contribution is 6.21. The maximum Gasteiger partial charge on any atom is 0.0650 e. The lowest BCUT2D eigenvalue weighted by Crippen LogP contribution is -1.97. The summed E-state index contributed by atoms with van der Waals surface area (Å²) in [6.07, 6.45) is 0. The fourth-order valence-electron chi connectivity index (χ4n) is 2.46. The number of nitrogens with zero attached hydrogens (tertiary/aromatic N) is 1. The summed E-state index contributed by atoms with van der Waals surface area (Å²) in [6, 6.07) is 7.49. The smallest absolute Gasteiger partial charge is 0.0650 e. The Hall–Kier alpha value is -2.56. The Bertz CT molecular complexity index is 720. The molecular weight excluding hydrogens is 226 g/mol. The van der Waals surface area contributed by atoms with Crippen molar-refractivity contribution in [3.8, 4) is 0 Å². The van der Waals surface area contributed by atoms with Crippen LogP contribution in [0.25, 0.3) is 21.8 Å².